The summed E-state index contributed by atoms with van der Waals surface area (Å²) in [6.07, 6.45) is 4.27. The van der Waals surface area contributed by atoms with Crippen molar-refractivity contribution in [1.82, 2.24) is 20.4 Å². The maximum absolute atomic E-state index is 11.4. The Hall–Kier alpha value is -1.36. The first-order valence-electron chi connectivity index (χ1n) is 5.29. The third kappa shape index (κ3) is 3.06. The van der Waals surface area contributed by atoms with Gasteiger partial charge in [0, 0.05) is 25.4 Å². The zero-order valence-corrected chi connectivity index (χ0v) is 8.65. The van der Waals surface area contributed by atoms with Crippen molar-refractivity contribution in [1.29, 1.82) is 0 Å². The van der Waals surface area contributed by atoms with Gasteiger partial charge >= 0.3 is 0 Å². The lowest BCUT2D eigenvalue weighted by Gasteiger charge is -2.26. The molecule has 0 aromatic carbocycles. The summed E-state index contributed by atoms with van der Waals surface area (Å²) >= 11 is 0. The van der Waals surface area contributed by atoms with Crippen molar-refractivity contribution in [3.8, 4) is 0 Å². The second kappa shape index (κ2) is 4.93. The minimum absolute atomic E-state index is 0.147. The molecule has 5 heteroatoms. The van der Waals surface area contributed by atoms with Crippen molar-refractivity contribution in [3.05, 3.63) is 18.5 Å². The van der Waals surface area contributed by atoms with Crippen molar-refractivity contribution in [3.63, 3.8) is 0 Å². The van der Waals surface area contributed by atoms with Gasteiger partial charge in [0.05, 0.1) is 6.54 Å². The van der Waals surface area contributed by atoms with Crippen LogP contribution in [0.1, 0.15) is 6.42 Å². The van der Waals surface area contributed by atoms with Gasteiger partial charge in [-0.15, -0.1) is 0 Å². The molecule has 1 amide bonds. The van der Waals surface area contributed by atoms with Crippen LogP contribution in [-0.4, -0.2) is 35.3 Å². The lowest BCUT2D eigenvalue weighted by molar-refractivity contribution is -0.122. The van der Waals surface area contributed by atoms with Gasteiger partial charge in [-0.1, -0.05) is 0 Å². The van der Waals surface area contributed by atoms with Crippen LogP contribution in [0.4, 0.5) is 0 Å². The van der Waals surface area contributed by atoms with E-state index >= 15 is 0 Å². The molecule has 0 aliphatic carbocycles. The fraction of sp³-hybridized carbons (Fsp3) is 0.600. The van der Waals surface area contributed by atoms with Crippen LogP contribution < -0.4 is 10.6 Å². The summed E-state index contributed by atoms with van der Waals surface area (Å²) in [5.74, 6) is 0.684. The molecule has 0 radical (unpaired) electrons. The van der Waals surface area contributed by atoms with Crippen molar-refractivity contribution in [2.75, 3.05) is 19.6 Å². The standard InChI is InChI=1S/C10H16N4O/c15-10(6-9-7-11-8-9)12-3-5-14-4-1-2-13-14/h1-2,4,9,11H,3,5-8H2,(H,12,15). The first-order valence-corrected chi connectivity index (χ1v) is 5.29. The molecule has 15 heavy (non-hydrogen) atoms. The van der Waals surface area contributed by atoms with Gasteiger partial charge in [0.2, 0.25) is 5.91 Å². The molecule has 2 rings (SSSR count). The largest absolute Gasteiger partial charge is 0.354 e. The number of nitrogens with one attached hydrogen (secondary N) is 2. The molecule has 82 valence electrons. The van der Waals surface area contributed by atoms with Crippen LogP contribution >= 0.6 is 0 Å². The van der Waals surface area contributed by atoms with Gasteiger partial charge in [-0.25, -0.2) is 0 Å². The van der Waals surface area contributed by atoms with E-state index in [-0.39, 0.29) is 5.91 Å². The summed E-state index contributed by atoms with van der Waals surface area (Å²) in [4.78, 5) is 11.4. The second-order valence-corrected chi connectivity index (χ2v) is 3.85. The van der Waals surface area contributed by atoms with E-state index in [0.29, 0.717) is 18.9 Å². The molecule has 1 fully saturated rings. The summed E-state index contributed by atoms with van der Waals surface area (Å²) in [5, 5.41) is 10.1. The van der Waals surface area contributed by atoms with E-state index in [2.05, 4.69) is 15.7 Å². The van der Waals surface area contributed by atoms with Crippen molar-refractivity contribution in [2.45, 2.75) is 13.0 Å². The Morgan fingerprint density at radius 3 is 3.07 bits per heavy atom. The first kappa shape index (κ1) is 10.2. The second-order valence-electron chi connectivity index (χ2n) is 3.85. The van der Waals surface area contributed by atoms with Gasteiger partial charge in [-0.2, -0.15) is 5.10 Å². The molecule has 0 bridgehead atoms. The van der Waals surface area contributed by atoms with Crippen molar-refractivity contribution >= 4 is 5.91 Å². The molecule has 1 aromatic rings. The number of aromatic nitrogens is 2. The smallest absolute Gasteiger partial charge is 0.220 e. The predicted molar refractivity (Wildman–Crippen MR) is 56.2 cm³/mol. The van der Waals surface area contributed by atoms with Gasteiger partial charge in [-0.05, 0) is 25.1 Å². The predicted octanol–water partition coefficient (Wildman–Crippen LogP) is -0.391. The Labute approximate surface area is 88.8 Å². The van der Waals surface area contributed by atoms with Crippen LogP contribution in [0.15, 0.2) is 18.5 Å². The van der Waals surface area contributed by atoms with Crippen LogP contribution in [0.5, 0.6) is 0 Å². The van der Waals surface area contributed by atoms with Gasteiger partial charge in [0.25, 0.3) is 0 Å². The average Bonchev–Trinajstić information content (AvgIpc) is 2.64. The molecule has 2 heterocycles. The fourth-order valence-corrected chi connectivity index (χ4v) is 1.57. The van der Waals surface area contributed by atoms with Gasteiger partial charge in [-0.3, -0.25) is 9.48 Å². The monoisotopic (exact) mass is 208 g/mol. The third-order valence-corrected chi connectivity index (χ3v) is 2.56. The molecule has 1 aromatic heterocycles. The topological polar surface area (TPSA) is 59.0 Å². The first-order chi connectivity index (χ1) is 7.34. The maximum atomic E-state index is 11.4. The molecule has 1 aliphatic rings. The molecular weight excluding hydrogens is 192 g/mol. The highest BCUT2D eigenvalue weighted by Crippen LogP contribution is 2.07. The Morgan fingerprint density at radius 2 is 2.47 bits per heavy atom. The highest BCUT2D eigenvalue weighted by atomic mass is 16.1. The fourth-order valence-electron chi connectivity index (χ4n) is 1.57. The van der Waals surface area contributed by atoms with Crippen LogP contribution in [-0.2, 0) is 11.3 Å². The Morgan fingerprint density at radius 1 is 1.60 bits per heavy atom. The van der Waals surface area contributed by atoms with Crippen LogP contribution in [0.25, 0.3) is 0 Å². The number of carbonyl (C=O) groups excluding carboxylic acids is 1. The zero-order valence-electron chi connectivity index (χ0n) is 8.65. The van der Waals surface area contributed by atoms with Crippen LogP contribution in [0, 0.1) is 5.92 Å². The Balaban J connectivity index is 1.58. The summed E-state index contributed by atoms with van der Waals surface area (Å²) in [7, 11) is 0. The summed E-state index contributed by atoms with van der Waals surface area (Å²) in [5.41, 5.74) is 0. The van der Waals surface area contributed by atoms with E-state index in [1.807, 2.05) is 16.9 Å². The molecule has 0 unspecified atom stereocenters. The molecule has 2 N–H and O–H groups in total. The lowest BCUT2D eigenvalue weighted by atomic mass is 9.99. The van der Waals surface area contributed by atoms with E-state index in [4.69, 9.17) is 0 Å². The molecule has 0 spiro atoms. The number of carbonyl (C=O) groups is 1. The number of hydrogen-bond donors (Lipinski definition) is 2. The minimum atomic E-state index is 0.147. The summed E-state index contributed by atoms with van der Waals surface area (Å²) in [6, 6.07) is 1.88. The number of hydrogen-bond acceptors (Lipinski definition) is 3. The van der Waals surface area contributed by atoms with E-state index in [9.17, 15) is 4.79 Å². The maximum Gasteiger partial charge on any atom is 0.220 e. The van der Waals surface area contributed by atoms with Crippen LogP contribution in [0.2, 0.25) is 0 Å². The summed E-state index contributed by atoms with van der Waals surface area (Å²) < 4.78 is 1.81. The normalized spacial score (nSPS) is 16.0. The number of amides is 1. The lowest BCUT2D eigenvalue weighted by Crippen LogP contribution is -2.44. The van der Waals surface area contributed by atoms with Crippen LogP contribution in [0.3, 0.4) is 0 Å². The van der Waals surface area contributed by atoms with Gasteiger partial charge < -0.3 is 10.6 Å². The highest BCUT2D eigenvalue weighted by molar-refractivity contribution is 5.76. The number of rotatable bonds is 5. The average molecular weight is 208 g/mol. The molecule has 5 nitrogen and oxygen atoms in total. The zero-order chi connectivity index (χ0) is 10.5. The molecule has 1 saturated heterocycles. The Bertz CT molecular complexity index is 305. The Kier molecular flexibility index (Phi) is 3.34. The molecule has 1 aliphatic heterocycles. The summed E-state index contributed by atoms with van der Waals surface area (Å²) in [6.45, 7) is 3.35. The van der Waals surface area contributed by atoms with E-state index in [1.165, 1.54) is 0 Å². The third-order valence-electron chi connectivity index (χ3n) is 2.56. The van der Waals surface area contributed by atoms with E-state index < -0.39 is 0 Å². The minimum Gasteiger partial charge on any atom is -0.354 e. The SMILES string of the molecule is O=C(CC1CNC1)NCCn1cccn1. The highest BCUT2D eigenvalue weighted by Gasteiger charge is 2.19. The molecular formula is C10H16N4O. The van der Waals surface area contributed by atoms with Gasteiger partial charge in [0.15, 0.2) is 0 Å². The van der Waals surface area contributed by atoms with Gasteiger partial charge in [0.1, 0.15) is 0 Å². The van der Waals surface area contributed by atoms with E-state index in [0.717, 1.165) is 19.6 Å². The number of nitrogens with zero attached hydrogens (tertiary/aromatic N) is 2. The molecule has 0 atom stereocenters. The van der Waals surface area contributed by atoms with Crippen molar-refractivity contribution < 1.29 is 4.79 Å². The van der Waals surface area contributed by atoms with E-state index in [1.54, 1.807) is 6.20 Å². The quantitative estimate of drug-likeness (QED) is 0.693. The molecule has 0 saturated carbocycles. The van der Waals surface area contributed by atoms with Crippen molar-refractivity contribution in [2.24, 2.45) is 5.92 Å².